The second kappa shape index (κ2) is 4.36. The summed E-state index contributed by atoms with van der Waals surface area (Å²) in [7, 11) is 0. The van der Waals surface area contributed by atoms with Crippen LogP contribution in [-0.4, -0.2) is 9.97 Å². The van der Waals surface area contributed by atoms with E-state index in [9.17, 15) is 0 Å². The lowest BCUT2D eigenvalue weighted by Gasteiger charge is -2.02. The highest BCUT2D eigenvalue weighted by molar-refractivity contribution is 7.18. The molecule has 0 amide bonds. The molecule has 1 radical (unpaired) electrons. The lowest BCUT2D eigenvalue weighted by atomic mass is 10.0. The Morgan fingerprint density at radius 1 is 0.950 bits per heavy atom. The number of hydrogen-bond donors (Lipinski definition) is 0. The number of aromatic nitrogens is 2. The van der Waals surface area contributed by atoms with Crippen molar-refractivity contribution in [1.82, 2.24) is 9.97 Å². The van der Waals surface area contributed by atoms with Crippen molar-refractivity contribution in [3.63, 3.8) is 0 Å². The van der Waals surface area contributed by atoms with Crippen LogP contribution in [0, 0.1) is 19.9 Å². The van der Waals surface area contributed by atoms with Crippen molar-refractivity contribution < 1.29 is 0 Å². The Morgan fingerprint density at radius 2 is 1.75 bits per heavy atom. The van der Waals surface area contributed by atoms with Crippen LogP contribution >= 0.6 is 22.7 Å². The molecule has 0 spiro atoms. The van der Waals surface area contributed by atoms with Crippen molar-refractivity contribution >= 4 is 43.1 Å². The normalized spacial score (nSPS) is 11.5. The summed E-state index contributed by atoms with van der Waals surface area (Å²) in [5, 5.41) is 2.19. The number of hydrogen-bond acceptors (Lipinski definition) is 4. The number of benzene rings is 2. The number of nitrogens with zero attached hydrogens (tertiary/aromatic N) is 2. The van der Waals surface area contributed by atoms with Gasteiger partial charge in [-0.15, -0.1) is 22.7 Å². The molecule has 0 saturated heterocycles. The molecule has 0 aliphatic rings. The molecule has 0 N–H and O–H groups in total. The van der Waals surface area contributed by atoms with Crippen LogP contribution in [0.15, 0.2) is 30.3 Å². The molecule has 2 aromatic heterocycles. The van der Waals surface area contributed by atoms with Gasteiger partial charge in [-0.3, -0.25) is 0 Å². The molecule has 0 atom stereocenters. The van der Waals surface area contributed by atoms with Gasteiger partial charge in [0.2, 0.25) is 0 Å². The fourth-order valence-corrected chi connectivity index (χ4v) is 4.07. The van der Waals surface area contributed by atoms with E-state index in [1.165, 1.54) is 9.40 Å². The van der Waals surface area contributed by atoms with Gasteiger partial charge in [0, 0.05) is 5.56 Å². The number of aryl methyl sites for hydroxylation is 2. The van der Waals surface area contributed by atoms with Crippen LogP contribution < -0.4 is 0 Å². The van der Waals surface area contributed by atoms with Crippen LogP contribution in [0.25, 0.3) is 31.6 Å². The summed E-state index contributed by atoms with van der Waals surface area (Å²) in [4.78, 5) is 9.23. The Hall–Kier alpha value is -1.78. The summed E-state index contributed by atoms with van der Waals surface area (Å²) in [5.74, 6) is 0. The monoisotopic (exact) mass is 295 g/mol. The highest BCUT2D eigenvalue weighted by atomic mass is 32.1. The van der Waals surface area contributed by atoms with Gasteiger partial charge < -0.3 is 0 Å². The average Bonchev–Trinajstić information content (AvgIpc) is 2.97. The molecule has 4 rings (SSSR count). The highest BCUT2D eigenvalue weighted by Crippen LogP contribution is 2.33. The minimum atomic E-state index is 1.06. The van der Waals surface area contributed by atoms with Crippen LogP contribution in [0.5, 0.6) is 0 Å². The molecular formula is C16H11N2S2. The predicted molar refractivity (Wildman–Crippen MR) is 86.5 cm³/mol. The second-order valence-electron chi connectivity index (χ2n) is 4.73. The van der Waals surface area contributed by atoms with E-state index in [1.807, 2.05) is 26.0 Å². The molecule has 0 bridgehead atoms. The molecule has 20 heavy (non-hydrogen) atoms. The molecule has 0 aliphatic heterocycles. The van der Waals surface area contributed by atoms with Gasteiger partial charge in [-0.1, -0.05) is 6.07 Å². The summed E-state index contributed by atoms with van der Waals surface area (Å²) in [6.45, 7) is 4.09. The van der Waals surface area contributed by atoms with Gasteiger partial charge >= 0.3 is 0 Å². The first-order chi connectivity index (χ1) is 9.70. The first-order valence-electron chi connectivity index (χ1n) is 6.35. The fourth-order valence-electron chi connectivity index (χ4n) is 2.43. The molecule has 0 fully saturated rings. The molecule has 0 unspecified atom stereocenters. The zero-order chi connectivity index (χ0) is 13.7. The Labute approximate surface area is 124 Å². The van der Waals surface area contributed by atoms with Gasteiger partial charge in [0.1, 0.15) is 0 Å². The SMILES string of the molecule is Cc1nc2cc(-c3c[c]cc4sc(C)nc34)ccc2s1. The van der Waals surface area contributed by atoms with Crippen LogP contribution in [0.1, 0.15) is 10.0 Å². The zero-order valence-corrected chi connectivity index (χ0v) is 12.7. The summed E-state index contributed by atoms with van der Waals surface area (Å²) >= 11 is 3.44. The van der Waals surface area contributed by atoms with E-state index in [0.717, 1.165) is 32.2 Å². The summed E-state index contributed by atoms with van der Waals surface area (Å²) in [5.41, 5.74) is 4.43. The molecule has 0 saturated carbocycles. The molecular weight excluding hydrogens is 284 g/mol. The van der Waals surface area contributed by atoms with Gasteiger partial charge in [-0.05, 0) is 49.7 Å². The third kappa shape index (κ3) is 1.84. The first kappa shape index (κ1) is 12.0. The second-order valence-corrected chi connectivity index (χ2v) is 7.20. The number of fused-ring (bicyclic) bond motifs is 2. The smallest absolute Gasteiger partial charge is 0.0908 e. The maximum absolute atomic E-state index is 4.66. The van der Waals surface area contributed by atoms with E-state index in [-0.39, 0.29) is 0 Å². The van der Waals surface area contributed by atoms with Gasteiger partial charge in [0.05, 0.1) is 30.4 Å². The minimum Gasteiger partial charge on any atom is -0.241 e. The molecule has 97 valence electrons. The van der Waals surface area contributed by atoms with Crippen molar-refractivity contribution in [2.75, 3.05) is 0 Å². The largest absolute Gasteiger partial charge is 0.241 e. The van der Waals surface area contributed by atoms with Crippen molar-refractivity contribution in [1.29, 1.82) is 0 Å². The van der Waals surface area contributed by atoms with Crippen LogP contribution in [-0.2, 0) is 0 Å². The Morgan fingerprint density at radius 3 is 2.65 bits per heavy atom. The lowest BCUT2D eigenvalue weighted by molar-refractivity contribution is 1.34. The Kier molecular flexibility index (Phi) is 2.62. The first-order valence-corrected chi connectivity index (χ1v) is 7.99. The third-order valence-corrected chi connectivity index (χ3v) is 5.13. The fraction of sp³-hybridized carbons (Fsp3) is 0.125. The van der Waals surface area contributed by atoms with E-state index < -0.39 is 0 Å². The van der Waals surface area contributed by atoms with Crippen LogP contribution in [0.4, 0.5) is 0 Å². The maximum Gasteiger partial charge on any atom is 0.0908 e. The van der Waals surface area contributed by atoms with Crippen molar-refractivity contribution in [3.05, 3.63) is 46.4 Å². The van der Waals surface area contributed by atoms with E-state index >= 15 is 0 Å². The van der Waals surface area contributed by atoms with E-state index in [0.29, 0.717) is 0 Å². The topological polar surface area (TPSA) is 25.8 Å². The summed E-state index contributed by atoms with van der Waals surface area (Å²) < 4.78 is 2.42. The van der Waals surface area contributed by atoms with Crippen molar-refractivity contribution in [2.24, 2.45) is 0 Å². The molecule has 4 aromatic rings. The van der Waals surface area contributed by atoms with E-state index in [4.69, 9.17) is 0 Å². The maximum atomic E-state index is 4.66. The third-order valence-electron chi connectivity index (χ3n) is 3.26. The molecule has 0 aliphatic carbocycles. The standard InChI is InChI=1S/C16H11N2S2/c1-9-17-13-8-11(6-7-14(13)19-9)12-4-3-5-15-16(12)18-10(2)20-15/h4-8H,1-2H3. The summed E-state index contributed by atoms with van der Waals surface area (Å²) in [6.07, 6.45) is 0. The van der Waals surface area contributed by atoms with Crippen molar-refractivity contribution in [2.45, 2.75) is 13.8 Å². The molecule has 2 nitrogen and oxygen atoms in total. The minimum absolute atomic E-state index is 1.06. The van der Waals surface area contributed by atoms with Crippen molar-refractivity contribution in [3.8, 4) is 11.1 Å². The van der Waals surface area contributed by atoms with E-state index in [1.54, 1.807) is 22.7 Å². The Bertz CT molecular complexity index is 934. The Balaban J connectivity index is 2.00. The average molecular weight is 295 g/mol. The molecule has 4 heteroatoms. The van der Waals surface area contributed by atoms with Gasteiger partial charge in [0.25, 0.3) is 0 Å². The van der Waals surface area contributed by atoms with Crippen LogP contribution in [0.2, 0.25) is 0 Å². The molecule has 2 aromatic carbocycles. The quantitative estimate of drug-likeness (QED) is 0.494. The molecule has 2 heterocycles. The van der Waals surface area contributed by atoms with Gasteiger partial charge in [0.15, 0.2) is 0 Å². The lowest BCUT2D eigenvalue weighted by Crippen LogP contribution is -1.81. The van der Waals surface area contributed by atoms with Gasteiger partial charge in [-0.25, -0.2) is 9.97 Å². The number of rotatable bonds is 1. The predicted octanol–water partition coefficient (Wildman–Crippen LogP) is 4.99. The van der Waals surface area contributed by atoms with Gasteiger partial charge in [-0.2, -0.15) is 0 Å². The summed E-state index contributed by atoms with van der Waals surface area (Å²) in [6, 6.07) is 13.7. The van der Waals surface area contributed by atoms with Crippen LogP contribution in [0.3, 0.4) is 0 Å². The zero-order valence-electron chi connectivity index (χ0n) is 11.1. The highest BCUT2D eigenvalue weighted by Gasteiger charge is 2.09. The van der Waals surface area contributed by atoms with E-state index in [2.05, 4.69) is 34.2 Å². The number of thiazole rings is 2.